The molecule has 0 saturated heterocycles. The molecule has 0 aliphatic rings. The van der Waals surface area contributed by atoms with Crippen molar-refractivity contribution in [2.24, 2.45) is 0 Å². The van der Waals surface area contributed by atoms with Crippen LogP contribution in [0.1, 0.15) is 20.3 Å². The lowest BCUT2D eigenvalue weighted by Gasteiger charge is -2.24. The van der Waals surface area contributed by atoms with Crippen LogP contribution in [0.5, 0.6) is 0 Å². The number of aliphatic hydroxyl groups excluding tert-OH is 1. The first-order valence-corrected chi connectivity index (χ1v) is 13.5. The van der Waals surface area contributed by atoms with Gasteiger partial charge in [0.1, 0.15) is 18.7 Å². The zero-order chi connectivity index (χ0) is 20.4. The summed E-state index contributed by atoms with van der Waals surface area (Å²) in [7, 11) is -1.09. The Kier molecular flexibility index (Phi) is 6.02. The summed E-state index contributed by atoms with van der Waals surface area (Å²) in [5.74, 6) is 0. The van der Waals surface area contributed by atoms with Crippen LogP contribution in [0.3, 0.4) is 0 Å². The Morgan fingerprint density at radius 1 is 1.21 bits per heavy atom. The van der Waals surface area contributed by atoms with E-state index in [9.17, 15) is 5.11 Å². The van der Waals surface area contributed by atoms with E-state index in [1.54, 1.807) is 6.33 Å². The second-order valence-corrected chi connectivity index (χ2v) is 14.7. The number of hydrogen-bond acceptors (Lipinski definition) is 5. The second-order valence-electron chi connectivity index (χ2n) is 9.05. The van der Waals surface area contributed by atoms with Crippen LogP contribution >= 0.6 is 0 Å². The van der Waals surface area contributed by atoms with Gasteiger partial charge >= 0.3 is 0 Å². The Morgan fingerprint density at radius 2 is 2.00 bits per heavy atom. The molecule has 0 aromatic carbocycles. The van der Waals surface area contributed by atoms with E-state index in [0.717, 1.165) is 34.9 Å². The van der Waals surface area contributed by atoms with Gasteiger partial charge in [-0.25, -0.2) is 9.97 Å². The van der Waals surface area contributed by atoms with Crippen molar-refractivity contribution in [1.29, 1.82) is 0 Å². The quantitative estimate of drug-likeness (QED) is 0.437. The smallest absolute Gasteiger partial charge is 0.145 e. The van der Waals surface area contributed by atoms with E-state index < -0.39 is 8.07 Å². The molecule has 152 valence electrons. The first-order chi connectivity index (χ1) is 13.2. The zero-order valence-corrected chi connectivity index (χ0v) is 18.5. The van der Waals surface area contributed by atoms with E-state index in [1.165, 1.54) is 0 Å². The topological polar surface area (TPSA) is 78.0 Å². The van der Waals surface area contributed by atoms with Gasteiger partial charge in [0.25, 0.3) is 0 Å². The fourth-order valence-electron chi connectivity index (χ4n) is 3.04. The number of fused-ring (bicyclic) bond motifs is 1. The van der Waals surface area contributed by atoms with Gasteiger partial charge < -0.3 is 14.4 Å². The number of nitrogens with zero attached hydrogens (tertiary/aromatic N) is 5. The third-order valence-electron chi connectivity index (χ3n) is 4.98. The molecule has 0 aliphatic carbocycles. The highest BCUT2D eigenvalue weighted by Gasteiger charge is 2.22. The number of aliphatic hydroxyl groups is 1. The van der Waals surface area contributed by atoms with Gasteiger partial charge in [-0.1, -0.05) is 19.6 Å². The molecular formula is C20H31N5O2Si. The molecule has 0 saturated carbocycles. The van der Waals surface area contributed by atoms with Crippen molar-refractivity contribution < 1.29 is 9.84 Å². The molecule has 0 aliphatic heterocycles. The maximum absolute atomic E-state index is 9.29. The van der Waals surface area contributed by atoms with Gasteiger partial charge in [-0.15, -0.1) is 0 Å². The molecule has 0 atom stereocenters. The number of aromatic nitrogens is 5. The van der Waals surface area contributed by atoms with E-state index in [-0.39, 0.29) is 12.1 Å². The summed E-state index contributed by atoms with van der Waals surface area (Å²) in [5, 5.41) is 14.8. The van der Waals surface area contributed by atoms with Crippen molar-refractivity contribution in [2.45, 2.75) is 58.2 Å². The number of hydrogen-bond donors (Lipinski definition) is 1. The predicted octanol–water partition coefficient (Wildman–Crippen LogP) is 3.72. The molecule has 7 nitrogen and oxygen atoms in total. The molecule has 0 fully saturated rings. The van der Waals surface area contributed by atoms with Gasteiger partial charge in [-0.3, -0.25) is 4.68 Å². The molecule has 3 aromatic heterocycles. The van der Waals surface area contributed by atoms with Crippen LogP contribution in [0.2, 0.25) is 25.7 Å². The van der Waals surface area contributed by atoms with E-state index in [1.807, 2.05) is 33.9 Å². The maximum Gasteiger partial charge on any atom is 0.145 e. The van der Waals surface area contributed by atoms with Crippen molar-refractivity contribution in [3.8, 4) is 11.3 Å². The Labute approximate surface area is 167 Å². The van der Waals surface area contributed by atoms with Crippen LogP contribution < -0.4 is 0 Å². The van der Waals surface area contributed by atoms with E-state index >= 15 is 0 Å². The minimum Gasteiger partial charge on any atom is -0.396 e. The summed E-state index contributed by atoms with van der Waals surface area (Å²) >= 11 is 0. The third-order valence-corrected chi connectivity index (χ3v) is 6.69. The van der Waals surface area contributed by atoms with Gasteiger partial charge in [0.2, 0.25) is 0 Å². The summed E-state index contributed by atoms with van der Waals surface area (Å²) in [6, 6.07) is 3.18. The molecule has 3 aromatic rings. The van der Waals surface area contributed by atoms with Crippen molar-refractivity contribution >= 4 is 19.1 Å². The molecule has 0 unspecified atom stereocenters. The SMILES string of the molecule is CC(C)(CCO)n1cc(-c2ncnc3c2ccn3COCC[Si](C)(C)C)cn1. The molecule has 0 bridgehead atoms. The standard InChI is InChI=1S/C20H31N5O2Si/c1-20(2,7-9-26)25-13-16(12-23-25)18-17-6-8-24(19(17)22-14-21-18)15-27-10-11-28(3,4)5/h6,8,12-14,26H,7,9-11,15H2,1-5H3. The average molecular weight is 402 g/mol. The molecule has 0 amide bonds. The molecular weight excluding hydrogens is 370 g/mol. The highest BCUT2D eigenvalue weighted by molar-refractivity contribution is 6.76. The van der Waals surface area contributed by atoms with Gasteiger partial charge in [0.05, 0.1) is 17.4 Å². The summed E-state index contributed by atoms with van der Waals surface area (Å²) < 4.78 is 9.79. The first kappa shape index (κ1) is 20.7. The van der Waals surface area contributed by atoms with Crippen LogP contribution in [0, 0.1) is 0 Å². The second kappa shape index (κ2) is 8.14. The minimum atomic E-state index is -1.09. The predicted molar refractivity (Wildman–Crippen MR) is 114 cm³/mol. The fraction of sp³-hybridized carbons (Fsp3) is 0.550. The highest BCUT2D eigenvalue weighted by Crippen LogP contribution is 2.28. The summed E-state index contributed by atoms with van der Waals surface area (Å²) in [6.45, 7) is 12.6. The molecule has 8 heteroatoms. The Bertz CT molecular complexity index is 926. The lowest BCUT2D eigenvalue weighted by atomic mass is 10.0. The Hall–Kier alpha value is -2.03. The maximum atomic E-state index is 9.29. The molecule has 1 N–H and O–H groups in total. The first-order valence-electron chi connectivity index (χ1n) is 9.75. The fourth-order valence-corrected chi connectivity index (χ4v) is 3.80. The van der Waals surface area contributed by atoms with Gasteiger partial charge in [-0.2, -0.15) is 5.10 Å². The molecule has 3 rings (SSSR count). The van der Waals surface area contributed by atoms with Crippen molar-refractivity contribution in [3.63, 3.8) is 0 Å². The monoisotopic (exact) mass is 401 g/mol. The molecule has 28 heavy (non-hydrogen) atoms. The molecule has 3 heterocycles. The van der Waals surface area contributed by atoms with Crippen molar-refractivity contribution in [1.82, 2.24) is 24.3 Å². The Balaban J connectivity index is 1.81. The van der Waals surface area contributed by atoms with E-state index in [2.05, 4.69) is 48.6 Å². The summed E-state index contributed by atoms with van der Waals surface area (Å²) in [6.07, 6.45) is 8.03. The summed E-state index contributed by atoms with van der Waals surface area (Å²) in [4.78, 5) is 8.96. The van der Waals surface area contributed by atoms with Crippen molar-refractivity contribution in [2.75, 3.05) is 13.2 Å². The zero-order valence-electron chi connectivity index (χ0n) is 17.5. The van der Waals surface area contributed by atoms with Gasteiger partial charge in [0, 0.05) is 44.6 Å². The number of rotatable bonds is 9. The molecule has 0 spiro atoms. The normalized spacial score (nSPS) is 12.8. The van der Waals surface area contributed by atoms with E-state index in [4.69, 9.17) is 4.74 Å². The minimum absolute atomic E-state index is 0.125. The number of ether oxygens (including phenoxy) is 1. The lowest BCUT2D eigenvalue weighted by Crippen LogP contribution is -2.27. The van der Waals surface area contributed by atoms with Gasteiger partial charge in [0.15, 0.2) is 0 Å². The van der Waals surface area contributed by atoms with Crippen LogP contribution in [0.4, 0.5) is 0 Å². The summed E-state index contributed by atoms with van der Waals surface area (Å²) in [5.41, 5.74) is 2.41. The largest absolute Gasteiger partial charge is 0.396 e. The van der Waals surface area contributed by atoms with E-state index in [0.29, 0.717) is 13.2 Å². The van der Waals surface area contributed by atoms with Crippen LogP contribution in [-0.4, -0.2) is 50.7 Å². The lowest BCUT2D eigenvalue weighted by molar-refractivity contribution is 0.0899. The third kappa shape index (κ3) is 4.68. The van der Waals surface area contributed by atoms with Crippen molar-refractivity contribution in [3.05, 3.63) is 31.0 Å². The molecule has 0 radical (unpaired) electrons. The van der Waals surface area contributed by atoms with Crippen LogP contribution in [-0.2, 0) is 17.0 Å². The van der Waals surface area contributed by atoms with Crippen LogP contribution in [0.15, 0.2) is 31.0 Å². The van der Waals surface area contributed by atoms with Crippen LogP contribution in [0.25, 0.3) is 22.3 Å². The van der Waals surface area contributed by atoms with Gasteiger partial charge in [-0.05, 0) is 32.4 Å². The highest BCUT2D eigenvalue weighted by atomic mass is 28.3. The average Bonchev–Trinajstić information content (AvgIpc) is 3.25. The Morgan fingerprint density at radius 3 is 2.71 bits per heavy atom.